The molecule has 156 valence electrons. The number of anilines is 1. The first-order valence-corrected chi connectivity index (χ1v) is 10.6. The van der Waals surface area contributed by atoms with Crippen molar-refractivity contribution in [3.05, 3.63) is 64.5 Å². The largest absolute Gasteiger partial charge is 0.337 e. The number of halogens is 1. The van der Waals surface area contributed by atoms with Gasteiger partial charge in [0, 0.05) is 10.0 Å². The molecule has 0 N–H and O–H groups in total. The Kier molecular flexibility index (Phi) is 4.85. The normalized spacial score (nSPS) is 20.1. The maximum atomic E-state index is 13.1. The highest BCUT2D eigenvalue weighted by Gasteiger charge is 2.55. The van der Waals surface area contributed by atoms with Crippen LogP contribution in [-0.2, 0) is 22.6 Å². The van der Waals surface area contributed by atoms with Gasteiger partial charge in [0.25, 0.3) is 11.8 Å². The van der Waals surface area contributed by atoms with Crippen LogP contribution in [0.1, 0.15) is 18.4 Å². The first kappa shape index (κ1) is 19.6. The summed E-state index contributed by atoms with van der Waals surface area (Å²) in [4.78, 5) is 31.5. The molecule has 0 aliphatic carbocycles. The number of hydrogen-bond donors (Lipinski definition) is 0. The molecule has 9 nitrogen and oxygen atoms in total. The van der Waals surface area contributed by atoms with Crippen LogP contribution in [0.15, 0.2) is 67.9 Å². The number of aryl methyl sites for hydroxylation is 1. The number of imide groups is 1. The molecular formula is C21H17BrN6O3. The molecule has 2 atom stereocenters. The molecule has 2 aromatic carbocycles. The van der Waals surface area contributed by atoms with Crippen molar-refractivity contribution in [3.8, 4) is 11.4 Å². The lowest BCUT2D eigenvalue weighted by atomic mass is 10.1. The third-order valence-electron chi connectivity index (χ3n) is 5.31. The van der Waals surface area contributed by atoms with E-state index in [0.717, 1.165) is 22.0 Å². The Hall–Kier alpha value is -3.40. The van der Waals surface area contributed by atoms with Crippen LogP contribution in [0.2, 0.25) is 0 Å². The minimum atomic E-state index is -0.870. The van der Waals surface area contributed by atoms with E-state index in [9.17, 15) is 9.59 Å². The van der Waals surface area contributed by atoms with Gasteiger partial charge in [0.15, 0.2) is 12.1 Å². The van der Waals surface area contributed by atoms with Gasteiger partial charge in [0.2, 0.25) is 11.7 Å². The van der Waals surface area contributed by atoms with E-state index in [-0.39, 0.29) is 24.2 Å². The number of carbonyl (C=O) groups excluding carboxylic acids is 2. The first-order valence-electron chi connectivity index (χ1n) is 9.78. The Balaban J connectivity index is 1.35. The second-order valence-electron chi connectivity index (χ2n) is 7.25. The average Bonchev–Trinajstić information content (AvgIpc) is 3.47. The number of fused-ring (bicyclic) bond motifs is 1. The van der Waals surface area contributed by atoms with E-state index in [2.05, 4.69) is 36.4 Å². The second-order valence-corrected chi connectivity index (χ2v) is 8.16. The van der Waals surface area contributed by atoms with Crippen molar-refractivity contribution in [1.82, 2.24) is 15.1 Å². The molecule has 0 spiro atoms. The van der Waals surface area contributed by atoms with Crippen LogP contribution in [0.25, 0.3) is 11.4 Å². The maximum Gasteiger partial charge on any atom is 0.263 e. The van der Waals surface area contributed by atoms with Crippen molar-refractivity contribution in [2.45, 2.75) is 32.0 Å². The fourth-order valence-corrected chi connectivity index (χ4v) is 4.09. The molecule has 2 amide bonds. The van der Waals surface area contributed by atoms with E-state index in [1.165, 1.54) is 9.91 Å². The smallest absolute Gasteiger partial charge is 0.263 e. The van der Waals surface area contributed by atoms with Crippen molar-refractivity contribution in [2.75, 3.05) is 4.90 Å². The Bertz CT molecular complexity index is 1190. The predicted octanol–water partition coefficient (Wildman–Crippen LogP) is 3.55. The van der Waals surface area contributed by atoms with Gasteiger partial charge in [-0.05, 0) is 36.2 Å². The highest BCUT2D eigenvalue weighted by molar-refractivity contribution is 9.10. The van der Waals surface area contributed by atoms with Crippen LogP contribution < -0.4 is 4.90 Å². The lowest BCUT2D eigenvalue weighted by molar-refractivity contribution is -0.123. The van der Waals surface area contributed by atoms with Gasteiger partial charge >= 0.3 is 0 Å². The van der Waals surface area contributed by atoms with E-state index in [0.29, 0.717) is 11.5 Å². The Morgan fingerprint density at radius 3 is 2.65 bits per heavy atom. The van der Waals surface area contributed by atoms with Gasteiger partial charge in [-0.1, -0.05) is 57.5 Å². The van der Waals surface area contributed by atoms with E-state index < -0.39 is 12.1 Å². The number of carbonyl (C=O) groups is 2. The zero-order valence-corrected chi connectivity index (χ0v) is 18.1. The van der Waals surface area contributed by atoms with Crippen LogP contribution in [0.3, 0.4) is 0 Å². The maximum absolute atomic E-state index is 13.1. The van der Waals surface area contributed by atoms with Crippen LogP contribution in [0.4, 0.5) is 5.69 Å². The van der Waals surface area contributed by atoms with Gasteiger partial charge in [-0.3, -0.25) is 14.6 Å². The molecule has 0 radical (unpaired) electrons. The third kappa shape index (κ3) is 3.42. The predicted molar refractivity (Wildman–Crippen MR) is 114 cm³/mol. The third-order valence-corrected chi connectivity index (χ3v) is 5.80. The fourth-order valence-electron chi connectivity index (χ4n) is 3.69. The van der Waals surface area contributed by atoms with Gasteiger partial charge < -0.3 is 4.52 Å². The summed E-state index contributed by atoms with van der Waals surface area (Å²) < 4.78 is 6.24. The van der Waals surface area contributed by atoms with Crippen LogP contribution in [0.5, 0.6) is 0 Å². The number of nitrogens with zero attached hydrogens (tertiary/aromatic N) is 6. The molecule has 0 saturated carbocycles. The monoisotopic (exact) mass is 480 g/mol. The average molecular weight is 481 g/mol. The highest BCUT2D eigenvalue weighted by atomic mass is 79.9. The molecule has 1 aromatic heterocycles. The molecule has 2 aliphatic heterocycles. The fraction of sp³-hybridized carbons (Fsp3) is 0.238. The Labute approximate surface area is 185 Å². The molecule has 3 aromatic rings. The van der Waals surface area contributed by atoms with Crippen molar-refractivity contribution in [3.63, 3.8) is 0 Å². The summed E-state index contributed by atoms with van der Waals surface area (Å²) in [6, 6.07) is 13.2. The number of rotatable bonds is 5. The zero-order valence-electron chi connectivity index (χ0n) is 16.5. The number of benzene rings is 2. The van der Waals surface area contributed by atoms with Crippen molar-refractivity contribution in [2.24, 2.45) is 10.3 Å². The van der Waals surface area contributed by atoms with E-state index in [1.807, 2.05) is 43.3 Å². The molecule has 3 heterocycles. The standard InChI is InChI=1S/C21H17BrN6O3/c1-2-12-6-8-15(9-7-12)28-20(29)17-18(21(28)30)27(26-24-17)11-16-23-19(25-31-16)13-4-3-5-14(22)10-13/h3-10,17-18H,2,11H2,1H3/t17-,18-/m0/s1. The molecular weight excluding hydrogens is 464 g/mol. The summed E-state index contributed by atoms with van der Waals surface area (Å²) in [5.41, 5.74) is 2.45. The van der Waals surface area contributed by atoms with Gasteiger partial charge in [-0.2, -0.15) is 10.1 Å². The Morgan fingerprint density at radius 2 is 1.90 bits per heavy atom. The van der Waals surface area contributed by atoms with Crippen molar-refractivity contribution >= 4 is 33.4 Å². The zero-order chi connectivity index (χ0) is 21.5. The molecule has 31 heavy (non-hydrogen) atoms. The minimum Gasteiger partial charge on any atom is -0.337 e. The number of amides is 2. The molecule has 0 unspecified atom stereocenters. The van der Waals surface area contributed by atoms with Crippen LogP contribution >= 0.6 is 15.9 Å². The second kappa shape index (κ2) is 7.69. The summed E-state index contributed by atoms with van der Waals surface area (Å²) in [7, 11) is 0. The molecule has 0 bridgehead atoms. The van der Waals surface area contributed by atoms with Crippen molar-refractivity contribution < 1.29 is 14.1 Å². The lowest BCUT2D eigenvalue weighted by Gasteiger charge is -2.19. The summed E-state index contributed by atoms with van der Waals surface area (Å²) in [6.07, 6.45) is 0.877. The van der Waals surface area contributed by atoms with E-state index in [4.69, 9.17) is 4.52 Å². The summed E-state index contributed by atoms with van der Waals surface area (Å²) >= 11 is 3.42. The lowest BCUT2D eigenvalue weighted by Crippen LogP contribution is -2.39. The van der Waals surface area contributed by atoms with Gasteiger partial charge in [-0.25, -0.2) is 4.90 Å². The van der Waals surface area contributed by atoms with Crippen LogP contribution in [0, 0.1) is 0 Å². The first-order chi connectivity index (χ1) is 15.0. The topological polar surface area (TPSA) is 104 Å². The molecule has 5 rings (SSSR count). The highest BCUT2D eigenvalue weighted by Crippen LogP contribution is 2.33. The Morgan fingerprint density at radius 1 is 1.10 bits per heavy atom. The molecule has 1 fully saturated rings. The van der Waals surface area contributed by atoms with Crippen molar-refractivity contribution in [1.29, 1.82) is 0 Å². The summed E-state index contributed by atoms with van der Waals surface area (Å²) in [5.74, 6) is -0.0437. The SMILES string of the molecule is CCc1ccc(N2C(=O)[C@H]3N=NN(Cc4nc(-c5cccc(Br)c5)no4)[C@@H]3C2=O)cc1. The van der Waals surface area contributed by atoms with E-state index in [1.54, 1.807) is 12.1 Å². The quantitative estimate of drug-likeness (QED) is 0.517. The van der Waals surface area contributed by atoms with Crippen LogP contribution in [-0.4, -0.2) is 39.0 Å². The number of hydrogen-bond acceptors (Lipinski definition) is 8. The molecule has 1 saturated heterocycles. The molecule has 2 aliphatic rings. The van der Waals surface area contributed by atoms with Gasteiger partial charge in [0.1, 0.15) is 6.54 Å². The van der Waals surface area contributed by atoms with E-state index >= 15 is 0 Å². The number of aromatic nitrogens is 2. The molecule has 10 heteroatoms. The summed E-state index contributed by atoms with van der Waals surface area (Å²) in [6.45, 7) is 2.12. The summed E-state index contributed by atoms with van der Waals surface area (Å²) in [5, 5.41) is 13.5. The van der Waals surface area contributed by atoms with Gasteiger partial charge in [-0.15, -0.1) is 0 Å². The van der Waals surface area contributed by atoms with Gasteiger partial charge in [0.05, 0.1) is 5.69 Å². The minimum absolute atomic E-state index is 0.0767.